The van der Waals surface area contributed by atoms with Crippen LogP contribution in [0.4, 0.5) is 4.79 Å². The van der Waals surface area contributed by atoms with Gasteiger partial charge in [0.15, 0.2) is 0 Å². The fourth-order valence-corrected chi connectivity index (χ4v) is 2.27. The number of hydrogen-bond acceptors (Lipinski definition) is 3. The van der Waals surface area contributed by atoms with E-state index >= 15 is 0 Å². The molecule has 1 saturated heterocycles. The summed E-state index contributed by atoms with van der Waals surface area (Å²) in [6.07, 6.45) is 3.02. The van der Waals surface area contributed by atoms with E-state index in [2.05, 4.69) is 6.92 Å². The quantitative estimate of drug-likeness (QED) is 0.521. The topological polar surface area (TPSA) is 35.5 Å². The van der Waals surface area contributed by atoms with E-state index in [1.807, 2.05) is 0 Å². The first kappa shape index (κ1) is 7.90. The molecule has 3 nitrogen and oxygen atoms in total. The van der Waals surface area contributed by atoms with E-state index in [1.54, 1.807) is 0 Å². The summed E-state index contributed by atoms with van der Waals surface area (Å²) in [7, 11) is 0. The Hall–Kier alpha value is -0.730. The lowest BCUT2D eigenvalue weighted by molar-refractivity contribution is -0.0581. The lowest BCUT2D eigenvalue weighted by atomic mass is 9.87. The van der Waals surface area contributed by atoms with Crippen LogP contribution in [0, 0.1) is 11.3 Å². The van der Waals surface area contributed by atoms with E-state index in [4.69, 9.17) is 9.47 Å². The summed E-state index contributed by atoms with van der Waals surface area (Å²) >= 11 is 0. The summed E-state index contributed by atoms with van der Waals surface area (Å²) in [5, 5.41) is 0. The van der Waals surface area contributed by atoms with Gasteiger partial charge in [0, 0.05) is 5.41 Å². The zero-order valence-corrected chi connectivity index (χ0v) is 7.34. The molecule has 1 atom stereocenters. The predicted molar refractivity (Wildman–Crippen MR) is 42.7 cm³/mol. The third kappa shape index (κ3) is 1.28. The second kappa shape index (κ2) is 2.64. The molecule has 2 aliphatic rings. The Balaban J connectivity index is 1.99. The molecule has 1 unspecified atom stereocenters. The van der Waals surface area contributed by atoms with Crippen LogP contribution < -0.4 is 0 Å². The summed E-state index contributed by atoms with van der Waals surface area (Å²) in [6, 6.07) is 0. The first-order valence-corrected chi connectivity index (χ1v) is 4.50. The molecule has 1 aliphatic carbocycles. The first-order chi connectivity index (χ1) is 5.70. The Morgan fingerprint density at radius 1 is 1.42 bits per heavy atom. The van der Waals surface area contributed by atoms with E-state index in [1.165, 1.54) is 6.42 Å². The Kier molecular flexibility index (Phi) is 1.74. The Morgan fingerprint density at radius 2 is 2.08 bits per heavy atom. The highest BCUT2D eigenvalue weighted by Gasteiger charge is 2.42. The van der Waals surface area contributed by atoms with Gasteiger partial charge in [0.2, 0.25) is 0 Å². The average Bonchev–Trinajstić information content (AvgIpc) is 2.40. The molecule has 3 heteroatoms. The highest BCUT2D eigenvalue weighted by Crippen LogP contribution is 2.43. The van der Waals surface area contributed by atoms with Gasteiger partial charge in [-0.3, -0.25) is 0 Å². The maximum atomic E-state index is 10.6. The van der Waals surface area contributed by atoms with E-state index in [-0.39, 0.29) is 5.41 Å². The zero-order chi connectivity index (χ0) is 8.60. The molecular weight excluding hydrogens is 156 g/mol. The molecule has 0 radical (unpaired) electrons. The fraction of sp³-hybridized carbons (Fsp3) is 0.889. The van der Waals surface area contributed by atoms with Gasteiger partial charge in [0.1, 0.15) is 13.2 Å². The van der Waals surface area contributed by atoms with Crippen LogP contribution in [-0.2, 0) is 9.47 Å². The molecule has 1 spiro atoms. The summed E-state index contributed by atoms with van der Waals surface area (Å²) in [6.45, 7) is 3.37. The van der Waals surface area contributed by atoms with Crippen molar-refractivity contribution in [2.45, 2.75) is 26.2 Å². The van der Waals surface area contributed by atoms with Crippen molar-refractivity contribution in [2.75, 3.05) is 13.2 Å². The third-order valence-corrected chi connectivity index (χ3v) is 2.94. The smallest absolute Gasteiger partial charge is 0.434 e. The molecular formula is C9H14O3. The molecule has 0 aromatic heterocycles. The van der Waals surface area contributed by atoms with E-state index in [0.29, 0.717) is 13.2 Å². The van der Waals surface area contributed by atoms with Crippen molar-refractivity contribution in [1.29, 1.82) is 0 Å². The third-order valence-electron chi connectivity index (χ3n) is 2.94. The lowest BCUT2D eigenvalue weighted by Crippen LogP contribution is -2.37. The molecule has 12 heavy (non-hydrogen) atoms. The first-order valence-electron chi connectivity index (χ1n) is 4.50. The van der Waals surface area contributed by atoms with Crippen molar-refractivity contribution in [3.63, 3.8) is 0 Å². The average molecular weight is 170 g/mol. The van der Waals surface area contributed by atoms with Crippen LogP contribution in [-0.4, -0.2) is 19.4 Å². The lowest BCUT2D eigenvalue weighted by Gasteiger charge is -2.31. The fourth-order valence-electron chi connectivity index (χ4n) is 2.27. The van der Waals surface area contributed by atoms with Crippen LogP contribution in [0.5, 0.6) is 0 Å². The van der Waals surface area contributed by atoms with Gasteiger partial charge in [-0.05, 0) is 25.2 Å². The van der Waals surface area contributed by atoms with Crippen molar-refractivity contribution >= 4 is 6.16 Å². The van der Waals surface area contributed by atoms with E-state index in [9.17, 15) is 4.79 Å². The highest BCUT2D eigenvalue weighted by atomic mass is 16.7. The van der Waals surface area contributed by atoms with Gasteiger partial charge in [0.25, 0.3) is 0 Å². The molecule has 0 aromatic carbocycles. The number of carbonyl (C=O) groups is 1. The van der Waals surface area contributed by atoms with Gasteiger partial charge in [0.05, 0.1) is 0 Å². The minimum absolute atomic E-state index is 0.160. The second-order valence-corrected chi connectivity index (χ2v) is 4.18. The largest absolute Gasteiger partial charge is 0.508 e. The van der Waals surface area contributed by atoms with Crippen LogP contribution in [0.2, 0.25) is 0 Å². The van der Waals surface area contributed by atoms with E-state index in [0.717, 1.165) is 18.8 Å². The summed E-state index contributed by atoms with van der Waals surface area (Å²) in [4.78, 5) is 10.6. The standard InChI is InChI=1S/C9H14O3/c1-7-2-3-9(4-7)5-11-8(10)12-6-9/h7H,2-6H2,1H3. The van der Waals surface area contributed by atoms with Crippen molar-refractivity contribution in [3.05, 3.63) is 0 Å². The molecule has 1 heterocycles. The monoisotopic (exact) mass is 170 g/mol. The van der Waals surface area contributed by atoms with Crippen LogP contribution in [0.15, 0.2) is 0 Å². The molecule has 2 fully saturated rings. The number of hydrogen-bond donors (Lipinski definition) is 0. The summed E-state index contributed by atoms with van der Waals surface area (Å²) < 4.78 is 9.81. The number of rotatable bonds is 0. The summed E-state index contributed by atoms with van der Waals surface area (Å²) in [5.41, 5.74) is 0.160. The van der Waals surface area contributed by atoms with Crippen molar-refractivity contribution in [1.82, 2.24) is 0 Å². The van der Waals surface area contributed by atoms with Crippen molar-refractivity contribution in [3.8, 4) is 0 Å². The Morgan fingerprint density at radius 3 is 2.58 bits per heavy atom. The molecule has 0 aromatic rings. The van der Waals surface area contributed by atoms with Crippen molar-refractivity contribution < 1.29 is 14.3 Å². The molecule has 1 saturated carbocycles. The van der Waals surface area contributed by atoms with Gasteiger partial charge >= 0.3 is 6.16 Å². The molecule has 0 amide bonds. The highest BCUT2D eigenvalue weighted by molar-refractivity contribution is 5.60. The van der Waals surface area contributed by atoms with Crippen molar-refractivity contribution in [2.24, 2.45) is 11.3 Å². The minimum Gasteiger partial charge on any atom is -0.434 e. The summed E-state index contributed by atoms with van der Waals surface area (Å²) in [5.74, 6) is 0.755. The Labute approximate surface area is 72.0 Å². The van der Waals surface area contributed by atoms with Gasteiger partial charge in [-0.15, -0.1) is 0 Å². The van der Waals surface area contributed by atoms with Gasteiger partial charge in [-0.25, -0.2) is 4.79 Å². The molecule has 2 rings (SSSR count). The molecule has 1 aliphatic heterocycles. The molecule has 0 N–H and O–H groups in total. The van der Waals surface area contributed by atoms with Gasteiger partial charge < -0.3 is 9.47 Å². The Bertz CT molecular complexity index is 190. The zero-order valence-electron chi connectivity index (χ0n) is 7.34. The molecule has 0 bridgehead atoms. The number of ether oxygens (including phenoxy) is 2. The van der Waals surface area contributed by atoms with Gasteiger partial charge in [-0.1, -0.05) is 6.92 Å². The number of cyclic esters (lactones) is 2. The van der Waals surface area contributed by atoms with Crippen LogP contribution in [0.1, 0.15) is 26.2 Å². The maximum absolute atomic E-state index is 10.6. The van der Waals surface area contributed by atoms with Crippen LogP contribution >= 0.6 is 0 Å². The van der Waals surface area contributed by atoms with Crippen LogP contribution in [0.3, 0.4) is 0 Å². The second-order valence-electron chi connectivity index (χ2n) is 4.18. The number of carbonyl (C=O) groups excluding carboxylic acids is 1. The van der Waals surface area contributed by atoms with Crippen LogP contribution in [0.25, 0.3) is 0 Å². The SMILES string of the molecule is CC1CCC2(COC(=O)OC2)C1. The molecule has 68 valence electrons. The van der Waals surface area contributed by atoms with Gasteiger partial charge in [-0.2, -0.15) is 0 Å². The minimum atomic E-state index is -0.500. The maximum Gasteiger partial charge on any atom is 0.508 e. The normalized spacial score (nSPS) is 33.1. The predicted octanol–water partition coefficient (Wildman–Crippen LogP) is 1.96. The van der Waals surface area contributed by atoms with E-state index < -0.39 is 6.16 Å².